The second-order valence-electron chi connectivity index (χ2n) is 5.21. The molecule has 2 atom stereocenters. The van der Waals surface area contributed by atoms with E-state index in [1.54, 1.807) is 0 Å². The van der Waals surface area contributed by atoms with Gasteiger partial charge in [0.2, 0.25) is 0 Å². The van der Waals surface area contributed by atoms with E-state index >= 15 is 0 Å². The van der Waals surface area contributed by atoms with E-state index in [1.165, 1.54) is 25.7 Å². The Labute approximate surface area is 103 Å². The quantitative estimate of drug-likeness (QED) is 0.798. The predicted octanol–water partition coefficient (Wildman–Crippen LogP) is 1.88. The molecule has 4 heteroatoms. The molecule has 0 radical (unpaired) electrons. The van der Waals surface area contributed by atoms with Gasteiger partial charge in [0.1, 0.15) is 0 Å². The minimum absolute atomic E-state index is 0.252. The van der Waals surface area contributed by atoms with Crippen LogP contribution in [0.2, 0.25) is 0 Å². The van der Waals surface area contributed by atoms with Crippen molar-refractivity contribution in [3.05, 3.63) is 0 Å². The van der Waals surface area contributed by atoms with Crippen molar-refractivity contribution in [2.24, 2.45) is 0 Å². The molecule has 0 aromatic rings. The Kier molecular flexibility index (Phi) is 4.80. The van der Waals surface area contributed by atoms with Gasteiger partial charge in [-0.15, -0.1) is 0 Å². The summed E-state index contributed by atoms with van der Waals surface area (Å²) in [6.07, 6.45) is 7.57. The van der Waals surface area contributed by atoms with Crippen molar-refractivity contribution < 1.29 is 14.6 Å². The number of aliphatic carboxylic acids is 1. The average molecular weight is 241 g/mol. The summed E-state index contributed by atoms with van der Waals surface area (Å²) >= 11 is 0. The Hall–Kier alpha value is -0.610. The van der Waals surface area contributed by atoms with Crippen LogP contribution in [0.25, 0.3) is 0 Å². The third-order valence-electron chi connectivity index (χ3n) is 3.92. The lowest BCUT2D eigenvalue weighted by atomic mass is 9.98. The van der Waals surface area contributed by atoms with Crippen molar-refractivity contribution in [2.75, 3.05) is 19.7 Å². The first kappa shape index (κ1) is 12.8. The van der Waals surface area contributed by atoms with Crippen LogP contribution in [0.5, 0.6) is 0 Å². The van der Waals surface area contributed by atoms with Crippen LogP contribution in [-0.2, 0) is 9.53 Å². The van der Waals surface area contributed by atoms with E-state index in [0.717, 1.165) is 32.5 Å². The molecule has 2 heterocycles. The molecule has 2 fully saturated rings. The monoisotopic (exact) mass is 241 g/mol. The maximum Gasteiger partial charge on any atom is 0.304 e. The normalized spacial score (nSPS) is 30.6. The van der Waals surface area contributed by atoms with Gasteiger partial charge in [0, 0.05) is 19.2 Å². The number of rotatable bonds is 5. The lowest BCUT2D eigenvalue weighted by molar-refractivity contribution is -0.138. The van der Waals surface area contributed by atoms with E-state index in [-0.39, 0.29) is 6.04 Å². The van der Waals surface area contributed by atoms with E-state index in [1.807, 2.05) is 0 Å². The van der Waals surface area contributed by atoms with Crippen molar-refractivity contribution in [1.29, 1.82) is 0 Å². The smallest absolute Gasteiger partial charge is 0.304 e. The van der Waals surface area contributed by atoms with Crippen LogP contribution in [0.1, 0.15) is 44.9 Å². The van der Waals surface area contributed by atoms with E-state index in [2.05, 4.69) is 4.90 Å². The number of likely N-dealkylation sites (tertiary alicyclic amines) is 1. The second kappa shape index (κ2) is 6.36. The Morgan fingerprint density at radius 2 is 2.18 bits per heavy atom. The topological polar surface area (TPSA) is 49.8 Å². The van der Waals surface area contributed by atoms with Crippen LogP contribution < -0.4 is 0 Å². The van der Waals surface area contributed by atoms with Gasteiger partial charge in [-0.05, 0) is 38.6 Å². The van der Waals surface area contributed by atoms with E-state index in [0.29, 0.717) is 12.5 Å². The predicted molar refractivity (Wildman–Crippen MR) is 65.1 cm³/mol. The van der Waals surface area contributed by atoms with Gasteiger partial charge in [-0.2, -0.15) is 0 Å². The molecular weight excluding hydrogens is 218 g/mol. The lowest BCUT2D eigenvalue weighted by Crippen LogP contribution is -2.42. The molecule has 2 unspecified atom stereocenters. The number of piperidine rings is 1. The van der Waals surface area contributed by atoms with Crippen LogP contribution in [-0.4, -0.2) is 47.8 Å². The molecule has 0 saturated carbocycles. The van der Waals surface area contributed by atoms with E-state index in [4.69, 9.17) is 9.84 Å². The maximum atomic E-state index is 10.8. The van der Waals surface area contributed by atoms with Gasteiger partial charge in [0.15, 0.2) is 0 Å². The standard InChI is InChI=1S/C13H23NO3/c15-13(16)10-11-4-1-2-7-14(11)8-6-12-5-3-9-17-12/h11-12H,1-10H2,(H,15,16). The molecular formula is C13H23NO3. The van der Waals surface area contributed by atoms with Crippen LogP contribution in [0.4, 0.5) is 0 Å². The van der Waals surface area contributed by atoms with Gasteiger partial charge in [0.05, 0.1) is 12.5 Å². The third-order valence-corrected chi connectivity index (χ3v) is 3.92. The van der Waals surface area contributed by atoms with Crippen LogP contribution in [0, 0.1) is 0 Å². The fourth-order valence-electron chi connectivity index (χ4n) is 2.97. The molecule has 0 amide bonds. The zero-order chi connectivity index (χ0) is 12.1. The summed E-state index contributed by atoms with van der Waals surface area (Å²) in [4.78, 5) is 13.2. The highest BCUT2D eigenvalue weighted by molar-refractivity contribution is 5.67. The largest absolute Gasteiger partial charge is 0.481 e. The van der Waals surface area contributed by atoms with Crippen molar-refractivity contribution >= 4 is 5.97 Å². The van der Waals surface area contributed by atoms with Crippen molar-refractivity contribution in [3.8, 4) is 0 Å². The number of nitrogens with zero attached hydrogens (tertiary/aromatic N) is 1. The number of carboxylic acid groups (broad SMARTS) is 1. The Bertz CT molecular complexity index is 251. The summed E-state index contributed by atoms with van der Waals surface area (Å²) in [5.74, 6) is -0.668. The molecule has 98 valence electrons. The van der Waals surface area contributed by atoms with Gasteiger partial charge < -0.3 is 9.84 Å². The summed E-state index contributed by atoms with van der Waals surface area (Å²) in [6, 6.07) is 0.252. The highest BCUT2D eigenvalue weighted by atomic mass is 16.5. The zero-order valence-electron chi connectivity index (χ0n) is 10.4. The van der Waals surface area contributed by atoms with Gasteiger partial charge >= 0.3 is 5.97 Å². The minimum Gasteiger partial charge on any atom is -0.481 e. The highest BCUT2D eigenvalue weighted by Gasteiger charge is 2.25. The van der Waals surface area contributed by atoms with Gasteiger partial charge in [-0.3, -0.25) is 9.69 Å². The molecule has 0 aromatic heterocycles. The third kappa shape index (κ3) is 3.96. The second-order valence-corrected chi connectivity index (χ2v) is 5.21. The van der Waals surface area contributed by atoms with E-state index in [9.17, 15) is 4.79 Å². The zero-order valence-corrected chi connectivity index (χ0v) is 10.4. The van der Waals surface area contributed by atoms with Crippen molar-refractivity contribution in [2.45, 2.75) is 57.1 Å². The Morgan fingerprint density at radius 3 is 2.88 bits per heavy atom. The summed E-state index contributed by atoms with van der Waals surface area (Å²) in [5, 5.41) is 8.91. The Balaban J connectivity index is 1.76. The van der Waals surface area contributed by atoms with Crippen LogP contribution in [0.15, 0.2) is 0 Å². The molecule has 2 aliphatic rings. The Morgan fingerprint density at radius 1 is 1.29 bits per heavy atom. The minimum atomic E-state index is -0.668. The number of ether oxygens (including phenoxy) is 1. The molecule has 2 aliphatic heterocycles. The molecule has 2 rings (SSSR count). The first-order valence-corrected chi connectivity index (χ1v) is 6.83. The van der Waals surface area contributed by atoms with Crippen molar-refractivity contribution in [1.82, 2.24) is 4.90 Å². The molecule has 4 nitrogen and oxygen atoms in total. The fraction of sp³-hybridized carbons (Fsp3) is 0.923. The molecule has 2 saturated heterocycles. The first-order valence-electron chi connectivity index (χ1n) is 6.83. The number of hydrogen-bond acceptors (Lipinski definition) is 3. The van der Waals surface area contributed by atoms with E-state index < -0.39 is 5.97 Å². The number of hydrogen-bond donors (Lipinski definition) is 1. The number of carbonyl (C=O) groups is 1. The van der Waals surface area contributed by atoms with Crippen LogP contribution >= 0.6 is 0 Å². The summed E-state index contributed by atoms with van der Waals surface area (Å²) < 4.78 is 5.62. The molecule has 0 spiro atoms. The summed E-state index contributed by atoms with van der Waals surface area (Å²) in [5.41, 5.74) is 0. The molecule has 0 bridgehead atoms. The molecule has 17 heavy (non-hydrogen) atoms. The average Bonchev–Trinajstić information content (AvgIpc) is 2.80. The maximum absolute atomic E-state index is 10.8. The summed E-state index contributed by atoms with van der Waals surface area (Å²) in [6.45, 7) is 2.97. The molecule has 1 N–H and O–H groups in total. The van der Waals surface area contributed by atoms with Crippen LogP contribution in [0.3, 0.4) is 0 Å². The van der Waals surface area contributed by atoms with Gasteiger partial charge in [-0.1, -0.05) is 6.42 Å². The van der Waals surface area contributed by atoms with Crippen molar-refractivity contribution in [3.63, 3.8) is 0 Å². The number of carboxylic acids is 1. The molecule has 0 aromatic carbocycles. The van der Waals surface area contributed by atoms with Gasteiger partial charge in [0.25, 0.3) is 0 Å². The SMILES string of the molecule is O=C(O)CC1CCCCN1CCC1CCCO1. The first-order chi connectivity index (χ1) is 8.25. The lowest BCUT2D eigenvalue weighted by Gasteiger charge is -2.35. The highest BCUT2D eigenvalue weighted by Crippen LogP contribution is 2.22. The molecule has 0 aliphatic carbocycles. The van der Waals surface area contributed by atoms with Gasteiger partial charge in [-0.25, -0.2) is 0 Å². The summed E-state index contributed by atoms with van der Waals surface area (Å²) in [7, 11) is 0. The fourth-order valence-corrected chi connectivity index (χ4v) is 2.97.